The summed E-state index contributed by atoms with van der Waals surface area (Å²) in [6, 6.07) is 18.9. The van der Waals surface area contributed by atoms with Crippen LogP contribution in [0.2, 0.25) is 0 Å². The number of aromatic amines is 1. The molecule has 1 amide bonds. The molecule has 3 aromatic rings. The molecule has 4 nitrogen and oxygen atoms in total. The molecule has 29 heavy (non-hydrogen) atoms. The lowest BCUT2D eigenvalue weighted by atomic mass is 10.1. The topological polar surface area (TPSA) is 39.3 Å². The molecular formula is C24H29N3OS. The van der Waals surface area contributed by atoms with Gasteiger partial charge in [0.15, 0.2) is 0 Å². The highest BCUT2D eigenvalue weighted by Gasteiger charge is 2.20. The van der Waals surface area contributed by atoms with E-state index < -0.39 is 0 Å². The molecule has 0 aliphatic carbocycles. The molecule has 152 valence electrons. The molecule has 0 bridgehead atoms. The van der Waals surface area contributed by atoms with Crippen molar-refractivity contribution in [2.24, 2.45) is 0 Å². The van der Waals surface area contributed by atoms with Crippen LogP contribution in [-0.4, -0.2) is 59.2 Å². The lowest BCUT2D eigenvalue weighted by Crippen LogP contribution is -2.49. The Labute approximate surface area is 177 Å². The zero-order chi connectivity index (χ0) is 19.9. The van der Waals surface area contributed by atoms with Crippen LogP contribution in [0.4, 0.5) is 0 Å². The molecule has 4 rings (SSSR count). The average Bonchev–Trinajstić information content (AvgIpc) is 3.18. The summed E-state index contributed by atoms with van der Waals surface area (Å²) < 4.78 is 0. The Morgan fingerprint density at radius 1 is 0.966 bits per heavy atom. The lowest BCUT2D eigenvalue weighted by Gasteiger charge is -2.34. The highest BCUT2D eigenvalue weighted by molar-refractivity contribution is 7.99. The van der Waals surface area contributed by atoms with Crippen LogP contribution in [-0.2, 0) is 11.2 Å². The maximum atomic E-state index is 12.6. The lowest BCUT2D eigenvalue weighted by molar-refractivity contribution is -0.133. The summed E-state index contributed by atoms with van der Waals surface area (Å²) >= 11 is 1.91. The smallest absolute Gasteiger partial charge is 0.222 e. The van der Waals surface area contributed by atoms with Gasteiger partial charge in [0, 0.05) is 66.9 Å². The first-order chi connectivity index (χ1) is 14.3. The van der Waals surface area contributed by atoms with E-state index in [0.717, 1.165) is 51.3 Å². The van der Waals surface area contributed by atoms with E-state index in [0.29, 0.717) is 12.3 Å². The number of H-pyrrole nitrogens is 1. The Bertz CT molecular complexity index is 916. The van der Waals surface area contributed by atoms with E-state index in [1.807, 2.05) is 17.8 Å². The Kier molecular flexibility index (Phi) is 6.91. The first-order valence-corrected chi connectivity index (χ1v) is 11.5. The van der Waals surface area contributed by atoms with Crippen LogP contribution in [0.25, 0.3) is 10.9 Å². The highest BCUT2D eigenvalue weighted by Crippen LogP contribution is 2.20. The number of benzene rings is 2. The van der Waals surface area contributed by atoms with Crippen LogP contribution in [0.1, 0.15) is 18.4 Å². The van der Waals surface area contributed by atoms with Crippen LogP contribution in [0, 0.1) is 0 Å². The van der Waals surface area contributed by atoms with Gasteiger partial charge in [-0.1, -0.05) is 36.4 Å². The van der Waals surface area contributed by atoms with E-state index in [-0.39, 0.29) is 0 Å². The Morgan fingerprint density at radius 3 is 2.55 bits per heavy atom. The first kappa shape index (κ1) is 20.0. The maximum Gasteiger partial charge on any atom is 0.222 e. The number of carbonyl (C=O) groups is 1. The molecule has 0 radical (unpaired) electrons. The number of nitrogens with one attached hydrogen (secondary N) is 1. The van der Waals surface area contributed by atoms with E-state index in [1.165, 1.54) is 21.4 Å². The van der Waals surface area contributed by atoms with Crippen molar-refractivity contribution in [1.82, 2.24) is 14.8 Å². The maximum absolute atomic E-state index is 12.6. The molecule has 1 aliphatic rings. The third-order valence-corrected chi connectivity index (χ3v) is 6.65. The van der Waals surface area contributed by atoms with Crippen LogP contribution in [0.3, 0.4) is 0 Å². The molecule has 1 fully saturated rings. The van der Waals surface area contributed by atoms with Gasteiger partial charge in [0.1, 0.15) is 0 Å². The number of hydrogen-bond donors (Lipinski definition) is 1. The SMILES string of the molecule is O=C(CCCc1c[nH]c2ccccc12)N1CCN(CCSc2ccccc2)CC1. The summed E-state index contributed by atoms with van der Waals surface area (Å²) in [4.78, 5) is 21.8. The number of nitrogens with zero attached hydrogens (tertiary/aromatic N) is 2. The summed E-state index contributed by atoms with van der Waals surface area (Å²) in [5.41, 5.74) is 2.49. The molecule has 0 atom stereocenters. The minimum absolute atomic E-state index is 0.308. The third-order valence-electron chi connectivity index (χ3n) is 5.66. The number of amides is 1. The molecule has 0 spiro atoms. The molecule has 0 saturated carbocycles. The Morgan fingerprint density at radius 2 is 1.72 bits per heavy atom. The fraction of sp³-hybridized carbons (Fsp3) is 0.375. The minimum atomic E-state index is 0.308. The number of rotatable bonds is 8. The summed E-state index contributed by atoms with van der Waals surface area (Å²) in [5, 5.41) is 1.28. The van der Waals surface area contributed by atoms with Crippen molar-refractivity contribution in [3.63, 3.8) is 0 Å². The monoisotopic (exact) mass is 407 g/mol. The second-order valence-electron chi connectivity index (χ2n) is 7.60. The number of aryl methyl sites for hydroxylation is 1. The van der Waals surface area contributed by atoms with E-state index >= 15 is 0 Å². The van der Waals surface area contributed by atoms with E-state index in [2.05, 4.69) is 69.5 Å². The number of piperazine rings is 1. The molecule has 1 aromatic heterocycles. The van der Waals surface area contributed by atoms with Gasteiger partial charge < -0.3 is 9.88 Å². The molecule has 2 aromatic carbocycles. The number of aromatic nitrogens is 1. The van der Waals surface area contributed by atoms with E-state index in [1.54, 1.807) is 0 Å². The molecule has 5 heteroatoms. The van der Waals surface area contributed by atoms with Crippen LogP contribution in [0.15, 0.2) is 65.7 Å². The Balaban J connectivity index is 1.14. The van der Waals surface area contributed by atoms with Crippen LogP contribution >= 0.6 is 11.8 Å². The van der Waals surface area contributed by atoms with Crippen molar-refractivity contribution in [3.8, 4) is 0 Å². The van der Waals surface area contributed by atoms with Crippen LogP contribution in [0.5, 0.6) is 0 Å². The average molecular weight is 408 g/mol. The number of hydrogen-bond acceptors (Lipinski definition) is 3. The fourth-order valence-electron chi connectivity index (χ4n) is 3.96. The van der Waals surface area contributed by atoms with Crippen molar-refractivity contribution in [1.29, 1.82) is 0 Å². The van der Waals surface area contributed by atoms with Gasteiger partial charge in [0.05, 0.1) is 0 Å². The van der Waals surface area contributed by atoms with Crippen molar-refractivity contribution < 1.29 is 4.79 Å². The standard InChI is InChI=1S/C24H29N3OS/c28-24(12-6-7-20-19-25-23-11-5-4-10-22(20)23)27-15-13-26(14-16-27)17-18-29-21-8-2-1-3-9-21/h1-5,8-11,19,25H,6-7,12-18H2. The summed E-state index contributed by atoms with van der Waals surface area (Å²) in [6.45, 7) is 4.79. The molecule has 0 unspecified atom stereocenters. The zero-order valence-electron chi connectivity index (χ0n) is 16.8. The van der Waals surface area contributed by atoms with Crippen molar-refractivity contribution in [2.75, 3.05) is 38.5 Å². The summed E-state index contributed by atoms with van der Waals surface area (Å²) in [6.07, 6.45) is 4.59. The highest BCUT2D eigenvalue weighted by atomic mass is 32.2. The van der Waals surface area contributed by atoms with Crippen molar-refractivity contribution in [2.45, 2.75) is 24.2 Å². The molecule has 1 N–H and O–H groups in total. The molecule has 2 heterocycles. The quantitative estimate of drug-likeness (QED) is 0.562. The second-order valence-corrected chi connectivity index (χ2v) is 8.77. The van der Waals surface area contributed by atoms with E-state index in [4.69, 9.17) is 0 Å². The van der Waals surface area contributed by atoms with Crippen molar-refractivity contribution in [3.05, 3.63) is 66.4 Å². The van der Waals surface area contributed by atoms with Gasteiger partial charge in [-0.2, -0.15) is 0 Å². The molecule has 1 saturated heterocycles. The second kappa shape index (κ2) is 9.99. The summed E-state index contributed by atoms with van der Waals surface area (Å²) in [5.74, 6) is 1.41. The van der Waals surface area contributed by atoms with Gasteiger partial charge in [-0.05, 0) is 36.6 Å². The number of fused-ring (bicyclic) bond motifs is 1. The minimum Gasteiger partial charge on any atom is -0.361 e. The zero-order valence-corrected chi connectivity index (χ0v) is 17.7. The third kappa shape index (κ3) is 5.43. The first-order valence-electron chi connectivity index (χ1n) is 10.5. The van der Waals surface area contributed by atoms with Gasteiger partial charge in [0.2, 0.25) is 5.91 Å². The largest absolute Gasteiger partial charge is 0.361 e. The molecule has 1 aliphatic heterocycles. The number of para-hydroxylation sites is 1. The van der Waals surface area contributed by atoms with Crippen LogP contribution < -0.4 is 0 Å². The van der Waals surface area contributed by atoms with Gasteiger partial charge in [-0.15, -0.1) is 11.8 Å². The normalized spacial score (nSPS) is 15.1. The van der Waals surface area contributed by atoms with Gasteiger partial charge in [-0.25, -0.2) is 0 Å². The fourth-order valence-corrected chi connectivity index (χ4v) is 4.89. The Hall–Kier alpha value is -2.24. The van der Waals surface area contributed by atoms with Crippen molar-refractivity contribution >= 4 is 28.6 Å². The van der Waals surface area contributed by atoms with Gasteiger partial charge >= 0.3 is 0 Å². The molecular weight excluding hydrogens is 378 g/mol. The van der Waals surface area contributed by atoms with Gasteiger partial charge in [0.25, 0.3) is 0 Å². The predicted molar refractivity (Wildman–Crippen MR) is 121 cm³/mol. The van der Waals surface area contributed by atoms with E-state index in [9.17, 15) is 4.79 Å². The predicted octanol–water partition coefficient (Wildman–Crippen LogP) is 4.43. The number of thioether (sulfide) groups is 1. The van der Waals surface area contributed by atoms with Gasteiger partial charge in [-0.3, -0.25) is 9.69 Å². The summed E-state index contributed by atoms with van der Waals surface area (Å²) in [7, 11) is 0. The number of carbonyl (C=O) groups excluding carboxylic acids is 1.